The number of benzene rings is 3. The predicted octanol–water partition coefficient (Wildman–Crippen LogP) is 3.23. The second-order valence-corrected chi connectivity index (χ2v) is 10.1. The van der Waals surface area contributed by atoms with Crippen LogP contribution in [0.1, 0.15) is 17.9 Å². The number of nitrogens with one attached hydrogen (secondary N) is 2. The molecule has 0 heterocycles. The molecule has 1 aliphatic carbocycles. The Morgan fingerprint density at radius 1 is 1.00 bits per heavy atom. The van der Waals surface area contributed by atoms with Gasteiger partial charge < -0.3 is 15.5 Å². The molecule has 0 aliphatic heterocycles. The third-order valence-electron chi connectivity index (χ3n) is 5.72. The highest BCUT2D eigenvalue weighted by molar-refractivity contribution is 7.89. The summed E-state index contributed by atoms with van der Waals surface area (Å²) in [6, 6.07) is 19.7. The molecule has 0 bridgehead atoms. The Bertz CT molecular complexity index is 1340. The molecule has 1 amide bonds. The first-order chi connectivity index (χ1) is 16.1. The lowest BCUT2D eigenvalue weighted by atomic mass is 10.1. The van der Waals surface area contributed by atoms with Crippen molar-refractivity contribution in [2.24, 2.45) is 0 Å². The van der Waals surface area contributed by atoms with Crippen LogP contribution in [-0.4, -0.2) is 42.7 Å². The number of sulfonamides is 1. The second-order valence-electron chi connectivity index (χ2n) is 8.00. The fourth-order valence-corrected chi connectivity index (χ4v) is 5.39. The largest absolute Gasteiger partial charge is 0.480 e. The fourth-order valence-electron chi connectivity index (χ4n) is 3.86. The Hall–Kier alpha value is -3.24. The summed E-state index contributed by atoms with van der Waals surface area (Å²) in [5.74, 6) is -2.53. The SMILES string of the molecule is O=C(CO)Nc1cccc(C2CC2(NS(=O)(=O)c2ccc(-c3ccc(Cl)cc3)cc2)C(=O)O)c1. The van der Waals surface area contributed by atoms with E-state index in [-0.39, 0.29) is 11.3 Å². The van der Waals surface area contributed by atoms with Crippen molar-refractivity contribution in [3.63, 3.8) is 0 Å². The van der Waals surface area contributed by atoms with Crippen molar-refractivity contribution in [3.05, 3.63) is 83.4 Å². The molecule has 4 rings (SSSR count). The molecule has 0 saturated heterocycles. The third-order valence-corrected chi connectivity index (χ3v) is 7.50. The number of aliphatic carboxylic acids is 1. The standard InChI is InChI=1S/C24H21ClN2O6S/c25-18-8-4-15(5-9-18)16-6-10-20(11-7-16)34(32,33)27-24(23(30)31)13-21(24)17-2-1-3-19(12-17)26-22(29)14-28/h1-12,21,27-28H,13-14H2,(H,26,29)(H,30,31). The Balaban J connectivity index is 1.55. The summed E-state index contributed by atoms with van der Waals surface area (Å²) in [5, 5.41) is 21.8. The van der Waals surface area contributed by atoms with Crippen LogP contribution >= 0.6 is 11.6 Å². The van der Waals surface area contributed by atoms with Gasteiger partial charge in [0, 0.05) is 16.6 Å². The average Bonchev–Trinajstić information content (AvgIpc) is 3.54. The summed E-state index contributed by atoms with van der Waals surface area (Å²) in [5.41, 5.74) is 0.878. The van der Waals surface area contributed by atoms with Gasteiger partial charge in [-0.3, -0.25) is 9.59 Å². The van der Waals surface area contributed by atoms with Gasteiger partial charge in [-0.2, -0.15) is 4.72 Å². The molecule has 4 N–H and O–H groups in total. The maximum Gasteiger partial charge on any atom is 0.325 e. The van der Waals surface area contributed by atoms with Crippen LogP contribution in [0.25, 0.3) is 11.1 Å². The van der Waals surface area contributed by atoms with Crippen LogP contribution in [0.15, 0.2) is 77.7 Å². The van der Waals surface area contributed by atoms with Gasteiger partial charge in [-0.05, 0) is 59.5 Å². The average molecular weight is 501 g/mol. The van der Waals surface area contributed by atoms with Gasteiger partial charge in [0.05, 0.1) is 4.90 Å². The molecule has 3 aromatic rings. The number of carbonyl (C=O) groups excluding carboxylic acids is 1. The van der Waals surface area contributed by atoms with Gasteiger partial charge in [0.1, 0.15) is 12.1 Å². The van der Waals surface area contributed by atoms with Crippen molar-refractivity contribution in [2.45, 2.75) is 22.8 Å². The number of carboxylic acid groups (broad SMARTS) is 1. The zero-order chi connectivity index (χ0) is 24.5. The Morgan fingerprint density at radius 2 is 1.62 bits per heavy atom. The Kier molecular flexibility index (Phi) is 6.46. The van der Waals surface area contributed by atoms with Crippen LogP contribution in [0.2, 0.25) is 5.02 Å². The van der Waals surface area contributed by atoms with Crippen LogP contribution in [-0.2, 0) is 19.6 Å². The molecule has 2 unspecified atom stereocenters. The number of hydrogen-bond acceptors (Lipinski definition) is 5. The van der Waals surface area contributed by atoms with Gasteiger partial charge in [0.25, 0.3) is 0 Å². The molecule has 8 nitrogen and oxygen atoms in total. The van der Waals surface area contributed by atoms with Crippen molar-refractivity contribution >= 4 is 39.2 Å². The van der Waals surface area contributed by atoms with E-state index >= 15 is 0 Å². The van der Waals surface area contributed by atoms with Crippen molar-refractivity contribution in [3.8, 4) is 11.1 Å². The number of rotatable bonds is 8. The van der Waals surface area contributed by atoms with Crippen molar-refractivity contribution in [1.29, 1.82) is 0 Å². The molecule has 0 aromatic heterocycles. The highest BCUT2D eigenvalue weighted by Crippen LogP contribution is 2.52. The minimum absolute atomic E-state index is 0.0551. The van der Waals surface area contributed by atoms with Gasteiger partial charge in [-0.25, -0.2) is 8.42 Å². The molecule has 10 heteroatoms. The molecular formula is C24H21ClN2O6S. The van der Waals surface area contributed by atoms with Crippen LogP contribution in [0.4, 0.5) is 5.69 Å². The number of aliphatic hydroxyl groups is 1. The van der Waals surface area contributed by atoms with E-state index in [1.165, 1.54) is 12.1 Å². The summed E-state index contributed by atoms with van der Waals surface area (Å²) in [7, 11) is -4.13. The Morgan fingerprint density at radius 3 is 2.21 bits per heavy atom. The summed E-state index contributed by atoms with van der Waals surface area (Å²) in [4.78, 5) is 23.5. The highest BCUT2D eigenvalue weighted by Gasteiger charge is 2.63. The van der Waals surface area contributed by atoms with Gasteiger partial charge in [-0.1, -0.05) is 48.0 Å². The molecular weight excluding hydrogens is 480 g/mol. The summed E-state index contributed by atoms with van der Waals surface area (Å²) in [6.45, 7) is -0.691. The maximum atomic E-state index is 13.0. The molecule has 3 aromatic carbocycles. The summed E-state index contributed by atoms with van der Waals surface area (Å²) >= 11 is 5.91. The quantitative estimate of drug-likeness (QED) is 0.375. The summed E-state index contributed by atoms with van der Waals surface area (Å²) < 4.78 is 28.4. The lowest BCUT2D eigenvalue weighted by molar-refractivity contribution is -0.140. The summed E-state index contributed by atoms with van der Waals surface area (Å²) in [6.07, 6.45) is 0.0574. The van der Waals surface area contributed by atoms with E-state index in [2.05, 4.69) is 10.0 Å². The van der Waals surface area contributed by atoms with E-state index in [9.17, 15) is 23.1 Å². The van der Waals surface area contributed by atoms with Crippen molar-refractivity contribution in [2.75, 3.05) is 11.9 Å². The number of aliphatic hydroxyl groups excluding tert-OH is 1. The predicted molar refractivity (Wildman–Crippen MR) is 127 cm³/mol. The van der Waals surface area contributed by atoms with Crippen LogP contribution in [0.3, 0.4) is 0 Å². The third kappa shape index (κ3) is 4.83. The van der Waals surface area contributed by atoms with Gasteiger partial charge in [-0.15, -0.1) is 0 Å². The molecule has 0 radical (unpaired) electrons. The minimum Gasteiger partial charge on any atom is -0.480 e. The number of anilines is 1. The van der Waals surface area contributed by atoms with Gasteiger partial charge >= 0.3 is 5.97 Å². The maximum absolute atomic E-state index is 13.0. The molecule has 1 saturated carbocycles. The number of amides is 1. The van der Waals surface area contributed by atoms with Gasteiger partial charge in [0.15, 0.2) is 0 Å². The lowest BCUT2D eigenvalue weighted by Crippen LogP contribution is -2.44. The van der Waals surface area contributed by atoms with Crippen LogP contribution in [0.5, 0.6) is 0 Å². The van der Waals surface area contributed by atoms with E-state index in [0.29, 0.717) is 16.3 Å². The number of hydrogen-bond donors (Lipinski definition) is 4. The number of halogens is 1. The van der Waals surface area contributed by atoms with Crippen molar-refractivity contribution < 1.29 is 28.2 Å². The molecule has 1 fully saturated rings. The normalized spacial score (nSPS) is 19.4. The smallest absolute Gasteiger partial charge is 0.325 e. The van der Waals surface area contributed by atoms with E-state index < -0.39 is 40.0 Å². The Labute approximate surface area is 201 Å². The number of carboxylic acids is 1. The lowest BCUT2D eigenvalue weighted by Gasteiger charge is -2.16. The van der Waals surface area contributed by atoms with E-state index in [4.69, 9.17) is 16.7 Å². The van der Waals surface area contributed by atoms with E-state index in [1.54, 1.807) is 48.5 Å². The minimum atomic E-state index is -4.13. The molecule has 0 spiro atoms. The molecule has 176 valence electrons. The first-order valence-corrected chi connectivity index (χ1v) is 12.1. The molecule has 2 atom stereocenters. The van der Waals surface area contributed by atoms with E-state index in [1.807, 2.05) is 12.1 Å². The van der Waals surface area contributed by atoms with Gasteiger partial charge in [0.2, 0.25) is 15.9 Å². The van der Waals surface area contributed by atoms with Crippen LogP contribution in [0, 0.1) is 0 Å². The fraction of sp³-hybridized carbons (Fsp3) is 0.167. The zero-order valence-corrected chi connectivity index (χ0v) is 19.3. The van der Waals surface area contributed by atoms with Crippen molar-refractivity contribution in [1.82, 2.24) is 4.72 Å². The highest BCUT2D eigenvalue weighted by atomic mass is 35.5. The molecule has 34 heavy (non-hydrogen) atoms. The topological polar surface area (TPSA) is 133 Å². The monoisotopic (exact) mass is 500 g/mol. The second kappa shape index (κ2) is 9.19. The first kappa shape index (κ1) is 23.9. The van der Waals surface area contributed by atoms with Crippen LogP contribution < -0.4 is 10.0 Å². The van der Waals surface area contributed by atoms with E-state index in [0.717, 1.165) is 11.1 Å². The molecule has 1 aliphatic rings. The number of carbonyl (C=O) groups is 2. The zero-order valence-electron chi connectivity index (χ0n) is 17.7. The first-order valence-electron chi connectivity index (χ1n) is 10.3.